The number of hydrogen-bond acceptors (Lipinski definition) is 0. The van der Waals surface area contributed by atoms with Gasteiger partial charge in [0.25, 0.3) is 0 Å². The van der Waals surface area contributed by atoms with E-state index in [0.717, 1.165) is 0 Å². The first-order valence-electron chi connectivity index (χ1n) is 4.68. The predicted molar refractivity (Wildman–Crippen MR) is 96.0 cm³/mol. The lowest BCUT2D eigenvalue weighted by Crippen LogP contribution is -1.97. The van der Waals surface area contributed by atoms with Gasteiger partial charge in [-0.2, -0.15) is 0 Å². The lowest BCUT2D eigenvalue weighted by atomic mass is 10.1. The fourth-order valence-electron chi connectivity index (χ4n) is 1.50. The van der Waals surface area contributed by atoms with Crippen LogP contribution in [0.3, 0.4) is 0 Å². The van der Waals surface area contributed by atoms with Crippen molar-refractivity contribution in [1.29, 1.82) is 0 Å². The summed E-state index contributed by atoms with van der Waals surface area (Å²) in [5.74, 6) is 0. The molecule has 4 heteroatoms. The van der Waals surface area contributed by atoms with E-state index in [-0.39, 0.29) is 0 Å². The van der Waals surface area contributed by atoms with Gasteiger partial charge in [-0.15, -0.1) is 18.5 Å². The van der Waals surface area contributed by atoms with E-state index < -0.39 is 0 Å². The Kier molecular flexibility index (Phi) is 4.62. The molecule has 0 fully saturated rings. The summed E-state index contributed by atoms with van der Waals surface area (Å²) in [6.07, 6.45) is 0. The fourth-order valence-corrected chi connectivity index (χ4v) is 4.36. The maximum atomic E-state index is 2.73. The van der Waals surface area contributed by atoms with Crippen molar-refractivity contribution in [1.82, 2.24) is 0 Å². The van der Waals surface area contributed by atoms with Crippen LogP contribution in [-0.2, 0) is 0 Å². The van der Waals surface area contributed by atoms with E-state index in [1.54, 1.807) is 0 Å². The van der Waals surface area contributed by atoms with Gasteiger partial charge in [-0.3, -0.25) is 0 Å². The SMILES string of the molecule is Pc1ccc(-c2ccc(P)cc2I)c(I)c1. The molecule has 0 aromatic heterocycles. The standard InChI is InChI=1S/C12H10I2P2/c13-11-5-7(15)1-3-9(11)10-4-2-8(16)6-12(10)14/h1-6H,15-16H2. The third-order valence-corrected chi connectivity index (χ3v) is 4.78. The molecular formula is C12H10I2P2. The second kappa shape index (κ2) is 5.60. The summed E-state index contributed by atoms with van der Waals surface area (Å²) in [5.41, 5.74) is 2.61. The summed E-state index contributed by atoms with van der Waals surface area (Å²) in [5, 5.41) is 2.46. The minimum absolute atomic E-state index is 1.23. The van der Waals surface area contributed by atoms with Gasteiger partial charge in [0.15, 0.2) is 0 Å². The highest BCUT2D eigenvalue weighted by Crippen LogP contribution is 2.28. The number of rotatable bonds is 1. The van der Waals surface area contributed by atoms with Crippen molar-refractivity contribution in [2.45, 2.75) is 0 Å². The van der Waals surface area contributed by atoms with Crippen LogP contribution in [0.5, 0.6) is 0 Å². The normalized spacial score (nSPS) is 10.5. The molecule has 2 aromatic carbocycles. The smallest absolute Gasteiger partial charge is 0.0215 e. The Hall–Kier alpha value is 0.760. The van der Waals surface area contributed by atoms with Crippen LogP contribution in [0.4, 0.5) is 0 Å². The highest BCUT2D eigenvalue weighted by molar-refractivity contribution is 14.1. The maximum absolute atomic E-state index is 2.73. The van der Waals surface area contributed by atoms with E-state index in [4.69, 9.17) is 0 Å². The van der Waals surface area contributed by atoms with Crippen LogP contribution < -0.4 is 10.6 Å². The highest BCUT2D eigenvalue weighted by atomic mass is 127. The van der Waals surface area contributed by atoms with E-state index in [0.29, 0.717) is 0 Å². The number of benzene rings is 2. The fraction of sp³-hybridized carbons (Fsp3) is 0. The summed E-state index contributed by atoms with van der Waals surface area (Å²) in [6.45, 7) is 0. The van der Waals surface area contributed by atoms with Crippen LogP contribution in [0.25, 0.3) is 11.1 Å². The van der Waals surface area contributed by atoms with Crippen LogP contribution in [-0.4, -0.2) is 0 Å². The Balaban J connectivity index is 2.59. The molecule has 0 amide bonds. The van der Waals surface area contributed by atoms with Gasteiger partial charge in [-0.05, 0) is 79.1 Å². The Morgan fingerprint density at radius 1 is 0.688 bits per heavy atom. The van der Waals surface area contributed by atoms with Crippen LogP contribution in [0.1, 0.15) is 0 Å². The third-order valence-electron chi connectivity index (χ3n) is 2.28. The van der Waals surface area contributed by atoms with Crippen molar-refractivity contribution in [3.05, 3.63) is 43.5 Å². The van der Waals surface area contributed by atoms with E-state index in [9.17, 15) is 0 Å². The molecule has 0 bridgehead atoms. The molecule has 0 spiro atoms. The van der Waals surface area contributed by atoms with Gasteiger partial charge >= 0.3 is 0 Å². The zero-order chi connectivity index (χ0) is 11.7. The molecule has 0 nitrogen and oxygen atoms in total. The van der Waals surface area contributed by atoms with E-state index in [2.05, 4.69) is 100 Å². The van der Waals surface area contributed by atoms with E-state index >= 15 is 0 Å². The first kappa shape index (κ1) is 13.2. The topological polar surface area (TPSA) is 0 Å². The lowest BCUT2D eigenvalue weighted by molar-refractivity contribution is 1.59. The van der Waals surface area contributed by atoms with Gasteiger partial charge in [0.2, 0.25) is 0 Å². The molecule has 0 aliphatic carbocycles. The molecule has 2 rings (SSSR count). The largest absolute Gasteiger partial charge is 0.106 e. The minimum atomic E-state index is 1.23. The zero-order valence-electron chi connectivity index (χ0n) is 8.37. The summed E-state index contributed by atoms with van der Waals surface area (Å²) in [7, 11) is 5.47. The van der Waals surface area contributed by atoms with Crippen LogP contribution in [0.15, 0.2) is 36.4 Å². The molecule has 2 unspecified atom stereocenters. The van der Waals surface area contributed by atoms with Crippen molar-refractivity contribution >= 4 is 74.3 Å². The maximum Gasteiger partial charge on any atom is 0.0215 e. The Labute approximate surface area is 128 Å². The van der Waals surface area contributed by atoms with Gasteiger partial charge in [0.05, 0.1) is 0 Å². The third kappa shape index (κ3) is 2.95. The van der Waals surface area contributed by atoms with Crippen LogP contribution in [0, 0.1) is 7.14 Å². The van der Waals surface area contributed by atoms with Crippen LogP contribution in [0.2, 0.25) is 0 Å². The number of hydrogen-bond donors (Lipinski definition) is 0. The van der Waals surface area contributed by atoms with Crippen molar-refractivity contribution in [2.75, 3.05) is 0 Å². The molecule has 0 aliphatic rings. The van der Waals surface area contributed by atoms with Gasteiger partial charge in [0.1, 0.15) is 0 Å². The van der Waals surface area contributed by atoms with Gasteiger partial charge in [-0.1, -0.05) is 24.3 Å². The Bertz CT molecular complexity index is 489. The second-order valence-electron chi connectivity index (χ2n) is 3.48. The molecule has 0 saturated carbocycles. The van der Waals surface area contributed by atoms with Crippen LogP contribution >= 0.6 is 63.7 Å². The molecule has 0 aliphatic heterocycles. The molecule has 2 atom stereocenters. The molecule has 0 radical (unpaired) electrons. The average Bonchev–Trinajstić information content (AvgIpc) is 2.19. The molecule has 0 saturated heterocycles. The monoisotopic (exact) mass is 470 g/mol. The molecule has 82 valence electrons. The van der Waals surface area contributed by atoms with Gasteiger partial charge in [-0.25, -0.2) is 0 Å². The van der Waals surface area contributed by atoms with Crippen molar-refractivity contribution in [3.63, 3.8) is 0 Å². The molecule has 0 N–H and O–H groups in total. The molecule has 16 heavy (non-hydrogen) atoms. The predicted octanol–water partition coefficient (Wildman–Crippen LogP) is 3.56. The van der Waals surface area contributed by atoms with Crippen molar-refractivity contribution in [3.8, 4) is 11.1 Å². The van der Waals surface area contributed by atoms with E-state index in [1.165, 1.54) is 28.9 Å². The highest BCUT2D eigenvalue weighted by Gasteiger charge is 2.06. The molecular weight excluding hydrogens is 460 g/mol. The molecule has 2 aromatic rings. The summed E-state index contributed by atoms with van der Waals surface area (Å²) < 4.78 is 2.58. The summed E-state index contributed by atoms with van der Waals surface area (Å²) >= 11 is 4.79. The average molecular weight is 470 g/mol. The zero-order valence-corrected chi connectivity index (χ0v) is 15.0. The van der Waals surface area contributed by atoms with Crippen molar-refractivity contribution < 1.29 is 0 Å². The lowest BCUT2D eigenvalue weighted by Gasteiger charge is -2.08. The molecule has 0 heterocycles. The summed E-state index contributed by atoms with van der Waals surface area (Å²) in [4.78, 5) is 0. The Morgan fingerprint density at radius 2 is 1.06 bits per heavy atom. The second-order valence-corrected chi connectivity index (χ2v) is 7.14. The van der Waals surface area contributed by atoms with Gasteiger partial charge < -0.3 is 0 Å². The quantitative estimate of drug-likeness (QED) is 0.442. The minimum Gasteiger partial charge on any atom is -0.106 e. The van der Waals surface area contributed by atoms with E-state index in [1.807, 2.05) is 0 Å². The summed E-state index contributed by atoms with van der Waals surface area (Å²) in [6, 6.07) is 13.0. The van der Waals surface area contributed by atoms with Gasteiger partial charge in [0, 0.05) is 7.14 Å². The first-order chi connectivity index (χ1) is 7.58. The first-order valence-corrected chi connectivity index (χ1v) is 7.99. The van der Waals surface area contributed by atoms with Crippen molar-refractivity contribution in [2.24, 2.45) is 0 Å². The Morgan fingerprint density at radius 3 is 1.38 bits per heavy atom. The number of halogens is 2.